The molecule has 0 atom stereocenters. The van der Waals surface area contributed by atoms with Gasteiger partial charge in [-0.2, -0.15) is 0 Å². The second kappa shape index (κ2) is 7.19. The first-order valence-corrected chi connectivity index (χ1v) is 6.60. The van der Waals surface area contributed by atoms with Crippen molar-refractivity contribution >= 4 is 11.7 Å². The van der Waals surface area contributed by atoms with Gasteiger partial charge < -0.3 is 15.4 Å². The Morgan fingerprint density at radius 1 is 1.05 bits per heavy atom. The van der Waals surface area contributed by atoms with Crippen molar-refractivity contribution in [1.82, 2.24) is 5.32 Å². The van der Waals surface area contributed by atoms with Crippen molar-refractivity contribution in [1.29, 1.82) is 0 Å². The van der Waals surface area contributed by atoms with Crippen LogP contribution < -0.4 is 15.4 Å². The van der Waals surface area contributed by atoms with Crippen LogP contribution >= 0.6 is 0 Å². The van der Waals surface area contributed by atoms with Crippen molar-refractivity contribution in [2.45, 2.75) is 13.5 Å². The van der Waals surface area contributed by atoms with Crippen molar-refractivity contribution in [2.75, 3.05) is 11.9 Å². The highest BCUT2D eigenvalue weighted by molar-refractivity contribution is 5.89. The second-order valence-corrected chi connectivity index (χ2v) is 4.21. The topological polar surface area (TPSA) is 50.4 Å². The lowest BCUT2D eigenvalue weighted by molar-refractivity contribution is 0.251. The van der Waals surface area contributed by atoms with Crippen molar-refractivity contribution in [3.05, 3.63) is 60.2 Å². The van der Waals surface area contributed by atoms with Crippen LogP contribution in [0.5, 0.6) is 5.75 Å². The summed E-state index contributed by atoms with van der Waals surface area (Å²) in [6.45, 7) is 2.97. The van der Waals surface area contributed by atoms with Crippen LogP contribution in [0, 0.1) is 0 Å². The Morgan fingerprint density at radius 2 is 1.75 bits per heavy atom. The van der Waals surface area contributed by atoms with E-state index in [9.17, 15) is 4.79 Å². The molecule has 2 rings (SSSR count). The Morgan fingerprint density at radius 3 is 2.50 bits per heavy atom. The maximum Gasteiger partial charge on any atom is 0.319 e. The number of benzene rings is 2. The molecule has 0 aromatic heterocycles. The zero-order chi connectivity index (χ0) is 14.2. The van der Waals surface area contributed by atoms with E-state index in [-0.39, 0.29) is 6.03 Å². The van der Waals surface area contributed by atoms with Gasteiger partial charge >= 0.3 is 6.03 Å². The van der Waals surface area contributed by atoms with E-state index in [1.807, 2.05) is 61.5 Å². The Hall–Kier alpha value is -2.49. The molecule has 2 N–H and O–H groups in total. The van der Waals surface area contributed by atoms with Crippen molar-refractivity contribution in [2.24, 2.45) is 0 Å². The second-order valence-electron chi connectivity index (χ2n) is 4.21. The normalized spacial score (nSPS) is 9.85. The van der Waals surface area contributed by atoms with Crippen LogP contribution in [0.15, 0.2) is 54.6 Å². The summed E-state index contributed by atoms with van der Waals surface area (Å²) in [5.74, 6) is 0.801. The van der Waals surface area contributed by atoms with Crippen LogP contribution in [0.1, 0.15) is 12.5 Å². The number of hydrogen-bond donors (Lipinski definition) is 2. The fraction of sp³-hybridized carbons (Fsp3) is 0.188. The molecule has 0 radical (unpaired) electrons. The zero-order valence-corrected chi connectivity index (χ0v) is 11.4. The van der Waals surface area contributed by atoms with Gasteiger partial charge in [0.05, 0.1) is 6.61 Å². The third kappa shape index (κ3) is 4.02. The molecule has 0 saturated heterocycles. The van der Waals surface area contributed by atoms with Crippen LogP contribution in [-0.2, 0) is 6.54 Å². The first-order valence-electron chi connectivity index (χ1n) is 6.60. The van der Waals surface area contributed by atoms with Gasteiger partial charge in [-0.05, 0) is 25.1 Å². The number of carbonyl (C=O) groups is 1. The molecule has 4 nitrogen and oxygen atoms in total. The minimum absolute atomic E-state index is 0.234. The predicted molar refractivity (Wildman–Crippen MR) is 79.9 cm³/mol. The van der Waals surface area contributed by atoms with E-state index in [2.05, 4.69) is 10.6 Å². The van der Waals surface area contributed by atoms with E-state index in [1.165, 1.54) is 0 Å². The SMILES string of the molecule is CCOc1ccccc1CNC(=O)Nc1ccccc1. The summed E-state index contributed by atoms with van der Waals surface area (Å²) in [6, 6.07) is 16.8. The van der Waals surface area contributed by atoms with Gasteiger partial charge in [0, 0.05) is 17.8 Å². The molecule has 0 fully saturated rings. The molecule has 0 heterocycles. The predicted octanol–water partition coefficient (Wildman–Crippen LogP) is 3.41. The highest BCUT2D eigenvalue weighted by Crippen LogP contribution is 2.17. The van der Waals surface area contributed by atoms with Crippen LogP contribution in [0.25, 0.3) is 0 Å². The van der Waals surface area contributed by atoms with E-state index in [0.29, 0.717) is 13.2 Å². The van der Waals surface area contributed by atoms with Crippen molar-refractivity contribution in [3.63, 3.8) is 0 Å². The fourth-order valence-electron chi connectivity index (χ4n) is 1.82. The minimum Gasteiger partial charge on any atom is -0.494 e. The van der Waals surface area contributed by atoms with Crippen LogP contribution in [0.3, 0.4) is 0 Å². The van der Waals surface area contributed by atoms with Crippen molar-refractivity contribution < 1.29 is 9.53 Å². The van der Waals surface area contributed by atoms with E-state index in [1.54, 1.807) is 0 Å². The maximum atomic E-state index is 11.8. The number of rotatable bonds is 5. The lowest BCUT2D eigenvalue weighted by Crippen LogP contribution is -2.28. The molecule has 0 unspecified atom stereocenters. The highest BCUT2D eigenvalue weighted by atomic mass is 16.5. The summed E-state index contributed by atoms with van der Waals surface area (Å²) >= 11 is 0. The van der Waals surface area contributed by atoms with E-state index >= 15 is 0 Å². The molecule has 2 aromatic rings. The maximum absolute atomic E-state index is 11.8. The summed E-state index contributed by atoms with van der Waals surface area (Å²) in [5.41, 5.74) is 1.72. The number of anilines is 1. The third-order valence-electron chi connectivity index (χ3n) is 2.74. The highest BCUT2D eigenvalue weighted by Gasteiger charge is 2.05. The molecule has 0 aliphatic carbocycles. The van der Waals surface area contributed by atoms with E-state index < -0.39 is 0 Å². The summed E-state index contributed by atoms with van der Waals surface area (Å²) in [6.07, 6.45) is 0. The zero-order valence-electron chi connectivity index (χ0n) is 11.4. The lowest BCUT2D eigenvalue weighted by Gasteiger charge is -2.11. The van der Waals surface area contributed by atoms with E-state index in [4.69, 9.17) is 4.74 Å². The van der Waals surface area contributed by atoms with Gasteiger partial charge in [0.2, 0.25) is 0 Å². The molecule has 2 aromatic carbocycles. The molecular weight excluding hydrogens is 252 g/mol. The molecule has 0 aliphatic rings. The summed E-state index contributed by atoms with van der Waals surface area (Å²) in [4.78, 5) is 11.8. The van der Waals surface area contributed by atoms with Crippen LogP contribution in [0.4, 0.5) is 10.5 Å². The number of para-hydroxylation sites is 2. The molecule has 0 spiro atoms. The molecule has 2 amide bonds. The Balaban J connectivity index is 1.90. The smallest absolute Gasteiger partial charge is 0.319 e. The average molecular weight is 270 g/mol. The molecule has 4 heteroatoms. The van der Waals surface area contributed by atoms with Crippen LogP contribution in [-0.4, -0.2) is 12.6 Å². The quantitative estimate of drug-likeness (QED) is 0.874. The Kier molecular flexibility index (Phi) is 5.00. The minimum atomic E-state index is -0.234. The van der Waals surface area contributed by atoms with Gasteiger partial charge in [-0.3, -0.25) is 0 Å². The largest absolute Gasteiger partial charge is 0.494 e. The summed E-state index contributed by atoms with van der Waals surface area (Å²) in [5, 5.41) is 5.59. The van der Waals surface area contributed by atoms with Gasteiger partial charge in [-0.25, -0.2) is 4.79 Å². The van der Waals surface area contributed by atoms with Gasteiger partial charge in [0.25, 0.3) is 0 Å². The Labute approximate surface area is 118 Å². The molecule has 0 saturated carbocycles. The monoisotopic (exact) mass is 270 g/mol. The van der Waals surface area contributed by atoms with Gasteiger partial charge in [0.15, 0.2) is 0 Å². The van der Waals surface area contributed by atoms with Gasteiger partial charge in [-0.1, -0.05) is 36.4 Å². The number of hydrogen-bond acceptors (Lipinski definition) is 2. The number of amides is 2. The molecule has 20 heavy (non-hydrogen) atoms. The number of urea groups is 1. The number of ether oxygens (including phenoxy) is 1. The fourth-order valence-corrected chi connectivity index (χ4v) is 1.82. The number of nitrogens with one attached hydrogen (secondary N) is 2. The van der Waals surface area contributed by atoms with Crippen LogP contribution in [0.2, 0.25) is 0 Å². The lowest BCUT2D eigenvalue weighted by atomic mass is 10.2. The molecule has 0 bridgehead atoms. The first-order chi connectivity index (χ1) is 9.79. The molecular formula is C16H18N2O2. The van der Waals surface area contributed by atoms with E-state index in [0.717, 1.165) is 17.0 Å². The summed E-state index contributed by atoms with van der Waals surface area (Å²) in [7, 11) is 0. The third-order valence-corrected chi connectivity index (χ3v) is 2.74. The average Bonchev–Trinajstić information content (AvgIpc) is 2.48. The first kappa shape index (κ1) is 13.9. The standard InChI is InChI=1S/C16H18N2O2/c1-2-20-15-11-7-6-8-13(15)12-17-16(19)18-14-9-4-3-5-10-14/h3-11H,2,12H2,1H3,(H2,17,18,19). The molecule has 0 aliphatic heterocycles. The molecule has 104 valence electrons. The van der Waals surface area contributed by atoms with Crippen molar-refractivity contribution in [3.8, 4) is 5.75 Å². The van der Waals surface area contributed by atoms with Gasteiger partial charge in [-0.15, -0.1) is 0 Å². The van der Waals surface area contributed by atoms with Gasteiger partial charge in [0.1, 0.15) is 5.75 Å². The Bertz CT molecular complexity index is 555. The summed E-state index contributed by atoms with van der Waals surface area (Å²) < 4.78 is 5.52. The number of carbonyl (C=O) groups excluding carboxylic acids is 1.